The largest absolute Gasteiger partial charge is 0.378 e. The predicted octanol–water partition coefficient (Wildman–Crippen LogP) is 4.40. The zero-order chi connectivity index (χ0) is 15.5. The van der Waals surface area contributed by atoms with Gasteiger partial charge in [-0.2, -0.15) is 5.10 Å². The fourth-order valence-electron chi connectivity index (χ4n) is 1.86. The van der Waals surface area contributed by atoms with Crippen molar-refractivity contribution in [1.29, 1.82) is 0 Å². The fourth-order valence-corrected chi connectivity index (χ4v) is 2.16. The monoisotopic (exact) mass is 325 g/mol. The van der Waals surface area contributed by atoms with Gasteiger partial charge in [-0.15, -0.1) is 0 Å². The van der Waals surface area contributed by atoms with Gasteiger partial charge in [0.1, 0.15) is 12.7 Å². The van der Waals surface area contributed by atoms with E-state index in [1.807, 2.05) is 32.1 Å². The van der Waals surface area contributed by atoms with Crippen molar-refractivity contribution in [1.82, 2.24) is 14.8 Å². The first-order valence-corrected chi connectivity index (χ1v) is 7.23. The van der Waals surface area contributed by atoms with Crippen LogP contribution in [0, 0.1) is 0 Å². The highest BCUT2D eigenvalue weighted by atomic mass is 35.5. The smallest absolute Gasteiger partial charge is 0.138 e. The third-order valence-electron chi connectivity index (χ3n) is 3.15. The molecule has 0 aliphatic carbocycles. The van der Waals surface area contributed by atoms with Gasteiger partial charge in [-0.1, -0.05) is 29.3 Å². The van der Waals surface area contributed by atoms with Crippen LogP contribution in [-0.4, -0.2) is 27.5 Å². The maximum Gasteiger partial charge on any atom is 0.138 e. The van der Waals surface area contributed by atoms with Gasteiger partial charge in [0.05, 0.1) is 15.6 Å². The van der Waals surface area contributed by atoms with E-state index in [0.29, 0.717) is 16.5 Å². The molecule has 21 heavy (non-hydrogen) atoms. The summed E-state index contributed by atoms with van der Waals surface area (Å²) in [5.41, 5.74) is 1.59. The van der Waals surface area contributed by atoms with E-state index in [1.54, 1.807) is 24.2 Å². The number of aromatic nitrogens is 3. The van der Waals surface area contributed by atoms with Crippen molar-refractivity contribution in [3.8, 4) is 0 Å². The Labute approximate surface area is 134 Å². The van der Waals surface area contributed by atoms with Gasteiger partial charge in [-0.25, -0.2) is 9.67 Å². The van der Waals surface area contributed by atoms with E-state index in [0.717, 1.165) is 11.3 Å². The van der Waals surface area contributed by atoms with Crippen molar-refractivity contribution in [2.24, 2.45) is 0 Å². The van der Waals surface area contributed by atoms with Crippen LogP contribution in [0.3, 0.4) is 0 Å². The molecular formula is C15H17Cl2N3O. The van der Waals surface area contributed by atoms with Gasteiger partial charge in [-0.05, 0) is 37.6 Å². The summed E-state index contributed by atoms with van der Waals surface area (Å²) in [6.45, 7) is 4.04. The molecular weight excluding hydrogens is 309 g/mol. The maximum atomic E-state index is 6.06. The van der Waals surface area contributed by atoms with E-state index < -0.39 is 0 Å². The fraction of sp³-hybridized carbons (Fsp3) is 0.333. The van der Waals surface area contributed by atoms with E-state index in [9.17, 15) is 0 Å². The first kappa shape index (κ1) is 16.0. The highest BCUT2D eigenvalue weighted by molar-refractivity contribution is 6.42. The third-order valence-corrected chi connectivity index (χ3v) is 3.89. The molecule has 0 bridgehead atoms. The van der Waals surface area contributed by atoms with Gasteiger partial charge in [0, 0.05) is 19.2 Å². The minimum absolute atomic E-state index is 0.312. The Bertz CT molecular complexity index is 636. The number of halogens is 2. The van der Waals surface area contributed by atoms with Crippen LogP contribution in [0.25, 0.3) is 11.8 Å². The van der Waals surface area contributed by atoms with Gasteiger partial charge in [-0.3, -0.25) is 0 Å². The van der Waals surface area contributed by atoms with E-state index in [1.165, 1.54) is 6.33 Å². The molecule has 112 valence electrons. The van der Waals surface area contributed by atoms with E-state index >= 15 is 0 Å². The summed E-state index contributed by atoms with van der Waals surface area (Å²) in [6.07, 6.45) is 5.84. The highest BCUT2D eigenvalue weighted by Crippen LogP contribution is 2.27. The van der Waals surface area contributed by atoms with Crippen LogP contribution in [0.2, 0.25) is 10.0 Å². The zero-order valence-electron chi connectivity index (χ0n) is 12.2. The minimum atomic E-state index is -0.312. The molecule has 0 unspecified atom stereocenters. The lowest BCUT2D eigenvalue weighted by Gasteiger charge is -2.24. The van der Waals surface area contributed by atoms with E-state index in [-0.39, 0.29) is 5.60 Å². The van der Waals surface area contributed by atoms with E-state index in [2.05, 4.69) is 10.1 Å². The Morgan fingerprint density at radius 1 is 1.33 bits per heavy atom. The molecule has 0 amide bonds. The van der Waals surface area contributed by atoms with Crippen molar-refractivity contribution in [2.75, 3.05) is 7.11 Å². The summed E-state index contributed by atoms with van der Waals surface area (Å²) >= 11 is 12.0. The zero-order valence-corrected chi connectivity index (χ0v) is 13.7. The number of methoxy groups -OCH3 is 1. The molecule has 2 rings (SSSR count). The van der Waals surface area contributed by atoms with Crippen LogP contribution in [0.4, 0.5) is 0 Å². The second-order valence-corrected chi connectivity index (χ2v) is 6.10. The highest BCUT2D eigenvalue weighted by Gasteiger charge is 2.20. The number of hydrogen-bond acceptors (Lipinski definition) is 3. The summed E-state index contributed by atoms with van der Waals surface area (Å²) in [4.78, 5) is 4.00. The average Bonchev–Trinajstić information content (AvgIpc) is 2.96. The number of nitrogens with zero attached hydrogens (tertiary/aromatic N) is 3. The topological polar surface area (TPSA) is 39.9 Å². The molecule has 0 atom stereocenters. The van der Waals surface area contributed by atoms with Crippen molar-refractivity contribution < 1.29 is 4.74 Å². The summed E-state index contributed by atoms with van der Waals surface area (Å²) in [6, 6.07) is 5.50. The molecule has 0 fully saturated rings. The van der Waals surface area contributed by atoms with Gasteiger partial charge in [0.15, 0.2) is 0 Å². The van der Waals surface area contributed by atoms with Crippen LogP contribution in [-0.2, 0) is 4.74 Å². The number of benzene rings is 1. The lowest BCUT2D eigenvalue weighted by molar-refractivity contribution is 0.0265. The molecule has 2 aromatic rings. The summed E-state index contributed by atoms with van der Waals surface area (Å²) in [5.74, 6) is 0. The molecule has 1 heterocycles. The maximum absolute atomic E-state index is 6.06. The van der Waals surface area contributed by atoms with E-state index in [4.69, 9.17) is 27.9 Å². The first-order valence-electron chi connectivity index (χ1n) is 6.47. The van der Waals surface area contributed by atoms with Gasteiger partial charge in [0.25, 0.3) is 0 Å². The molecule has 4 nitrogen and oxygen atoms in total. The van der Waals surface area contributed by atoms with Crippen molar-refractivity contribution in [3.05, 3.63) is 46.5 Å². The molecule has 0 spiro atoms. The average molecular weight is 326 g/mol. The Kier molecular flexibility index (Phi) is 5.04. The summed E-state index contributed by atoms with van der Waals surface area (Å²) in [5, 5.41) is 5.25. The van der Waals surface area contributed by atoms with Crippen molar-refractivity contribution in [3.63, 3.8) is 0 Å². The number of ether oxygens (including phenoxy) is 1. The normalized spacial score (nSPS) is 12.7. The second-order valence-electron chi connectivity index (χ2n) is 5.29. The standard InChI is InChI=1S/C15H17Cl2N3O/c1-15(2,21-3)8-12(20-10-18-9-19-20)6-11-4-5-13(16)14(17)7-11/h4-7,9-10H,8H2,1-3H3. The lowest BCUT2D eigenvalue weighted by atomic mass is 10.0. The molecule has 0 aliphatic heterocycles. The Hall–Kier alpha value is -1.36. The van der Waals surface area contributed by atoms with Gasteiger partial charge >= 0.3 is 0 Å². The molecule has 0 aliphatic rings. The van der Waals surface area contributed by atoms with Crippen LogP contribution in [0.1, 0.15) is 25.8 Å². The second kappa shape index (κ2) is 6.60. The quantitative estimate of drug-likeness (QED) is 0.818. The Balaban J connectivity index is 2.39. The first-order chi connectivity index (χ1) is 9.91. The molecule has 1 aromatic heterocycles. The Morgan fingerprint density at radius 2 is 2.10 bits per heavy atom. The van der Waals surface area contributed by atoms with Crippen molar-refractivity contribution >= 4 is 35.0 Å². The molecule has 0 saturated heterocycles. The molecule has 6 heteroatoms. The molecule has 0 N–H and O–H groups in total. The van der Waals surface area contributed by atoms with Gasteiger partial charge < -0.3 is 4.74 Å². The van der Waals surface area contributed by atoms with Crippen LogP contribution in [0.5, 0.6) is 0 Å². The molecule has 0 radical (unpaired) electrons. The number of hydrogen-bond donors (Lipinski definition) is 0. The summed E-state index contributed by atoms with van der Waals surface area (Å²) in [7, 11) is 1.69. The van der Waals surface area contributed by atoms with Crippen LogP contribution < -0.4 is 0 Å². The predicted molar refractivity (Wildman–Crippen MR) is 86.4 cm³/mol. The lowest BCUT2D eigenvalue weighted by Crippen LogP contribution is -2.24. The van der Waals surface area contributed by atoms with Crippen LogP contribution in [0.15, 0.2) is 30.9 Å². The summed E-state index contributed by atoms with van der Waals surface area (Å²) < 4.78 is 7.22. The number of rotatable bonds is 5. The SMILES string of the molecule is COC(C)(C)CC(=Cc1ccc(Cl)c(Cl)c1)n1cncn1. The van der Waals surface area contributed by atoms with Crippen molar-refractivity contribution in [2.45, 2.75) is 25.9 Å². The minimum Gasteiger partial charge on any atom is -0.378 e. The molecule has 1 aromatic carbocycles. The Morgan fingerprint density at radius 3 is 2.67 bits per heavy atom. The van der Waals surface area contributed by atoms with Gasteiger partial charge in [0.2, 0.25) is 0 Å². The molecule has 0 saturated carbocycles. The van der Waals surface area contributed by atoms with Crippen LogP contribution >= 0.6 is 23.2 Å². The third kappa shape index (κ3) is 4.30.